The van der Waals surface area contributed by atoms with E-state index in [9.17, 15) is 12.8 Å². The van der Waals surface area contributed by atoms with Crippen molar-refractivity contribution in [3.8, 4) is 16.8 Å². The van der Waals surface area contributed by atoms with Gasteiger partial charge in [0.1, 0.15) is 11.5 Å². The third-order valence-corrected chi connectivity index (χ3v) is 10.0. The van der Waals surface area contributed by atoms with Crippen molar-refractivity contribution >= 4 is 38.7 Å². The smallest absolute Gasteiger partial charge is 0.175 e. The minimum absolute atomic E-state index is 0.117. The fraction of sp³-hybridized carbons (Fsp3) is 0.367. The summed E-state index contributed by atoms with van der Waals surface area (Å²) in [6.07, 6.45) is 6.75. The van der Waals surface area contributed by atoms with Crippen LogP contribution in [0.1, 0.15) is 32.3 Å². The van der Waals surface area contributed by atoms with Crippen LogP contribution in [0, 0.1) is 24.7 Å². The minimum Gasteiger partial charge on any atom is -0.301 e. The minimum atomic E-state index is -3.40. The molecule has 4 unspecified atom stereocenters. The van der Waals surface area contributed by atoms with Crippen molar-refractivity contribution in [2.24, 2.45) is 28.1 Å². The van der Waals surface area contributed by atoms with Crippen LogP contribution in [0.3, 0.4) is 0 Å². The molecule has 0 amide bonds. The van der Waals surface area contributed by atoms with Crippen molar-refractivity contribution in [3.05, 3.63) is 82.4 Å². The third-order valence-electron chi connectivity index (χ3n) is 8.32. The summed E-state index contributed by atoms with van der Waals surface area (Å²) in [5.74, 6) is 1.04. The summed E-state index contributed by atoms with van der Waals surface area (Å²) in [7, 11) is -3.40. The van der Waals surface area contributed by atoms with Gasteiger partial charge in [-0.3, -0.25) is 0 Å². The number of alkyl halides is 1. The van der Waals surface area contributed by atoms with E-state index in [2.05, 4.69) is 22.2 Å². The van der Waals surface area contributed by atoms with Gasteiger partial charge in [0, 0.05) is 34.4 Å². The maximum absolute atomic E-state index is 14.9. The predicted octanol–water partition coefficient (Wildman–Crippen LogP) is 7.52. The van der Waals surface area contributed by atoms with Gasteiger partial charge in [-0.15, -0.1) is 0 Å². The average molecular weight is 615 g/mol. The molecule has 4 atom stereocenters. The van der Waals surface area contributed by atoms with Gasteiger partial charge in [-0.25, -0.2) is 22.8 Å². The summed E-state index contributed by atoms with van der Waals surface area (Å²) < 4.78 is 41.4. The van der Waals surface area contributed by atoms with Gasteiger partial charge in [0.2, 0.25) is 0 Å². The van der Waals surface area contributed by atoms with E-state index in [4.69, 9.17) is 23.2 Å². The number of hydrogen-bond donors (Lipinski definition) is 0. The molecule has 2 heterocycles. The van der Waals surface area contributed by atoms with Gasteiger partial charge in [0.05, 0.1) is 34.0 Å². The second-order valence-electron chi connectivity index (χ2n) is 11.8. The molecule has 0 spiro atoms. The lowest BCUT2D eigenvalue weighted by atomic mass is 9.91. The molecule has 1 saturated carbocycles. The van der Waals surface area contributed by atoms with Crippen molar-refractivity contribution in [2.45, 2.75) is 43.8 Å². The number of anilines is 1. The van der Waals surface area contributed by atoms with Crippen LogP contribution in [0.5, 0.6) is 0 Å². The van der Waals surface area contributed by atoms with Gasteiger partial charge in [-0.05, 0) is 75.1 Å². The van der Waals surface area contributed by atoms with Gasteiger partial charge >= 0.3 is 0 Å². The van der Waals surface area contributed by atoms with Crippen LogP contribution in [-0.4, -0.2) is 36.3 Å². The molecule has 2 aromatic carbocycles. The number of sulfone groups is 1. The average Bonchev–Trinajstić information content (AvgIpc) is 3.29. The number of fused-ring (bicyclic) bond motifs is 1. The van der Waals surface area contributed by atoms with E-state index in [0.29, 0.717) is 23.1 Å². The quantitative estimate of drug-likeness (QED) is 0.288. The highest BCUT2D eigenvalue weighted by Crippen LogP contribution is 2.63. The first-order valence-corrected chi connectivity index (χ1v) is 16.0. The standard InChI is InChI=1S/C30H30Cl2FN5O2S/c1-17-35-26(29(2,3)33)15-37(17)24-10-9-19(18-7-6-8-21(11-18)41(5,39)40)12-25(24)38-30(4,16-34-36-38)28-22-13-20(31)14-23(32)27(22)28/h6-15,22,27-28H,16H2,1-5H3. The molecular weight excluding hydrogens is 584 g/mol. The van der Waals surface area contributed by atoms with E-state index in [1.807, 2.05) is 46.8 Å². The Morgan fingerprint density at radius 3 is 2.51 bits per heavy atom. The maximum Gasteiger partial charge on any atom is 0.175 e. The topological polar surface area (TPSA) is 79.9 Å². The number of imidazole rings is 1. The maximum atomic E-state index is 14.9. The van der Waals surface area contributed by atoms with Crippen molar-refractivity contribution in [1.29, 1.82) is 0 Å². The van der Waals surface area contributed by atoms with Crippen molar-refractivity contribution in [2.75, 3.05) is 17.8 Å². The third kappa shape index (κ3) is 4.81. The number of halogens is 3. The van der Waals surface area contributed by atoms with Crippen molar-refractivity contribution in [3.63, 3.8) is 0 Å². The van der Waals surface area contributed by atoms with E-state index < -0.39 is 21.0 Å². The lowest BCUT2D eigenvalue weighted by molar-refractivity contribution is 0.215. The summed E-state index contributed by atoms with van der Waals surface area (Å²) >= 11 is 13.0. The Bertz CT molecular complexity index is 1780. The number of benzene rings is 2. The van der Waals surface area contributed by atoms with Crippen LogP contribution in [0.15, 0.2) is 86.1 Å². The van der Waals surface area contributed by atoms with E-state index in [0.717, 1.165) is 27.5 Å². The van der Waals surface area contributed by atoms with Crippen LogP contribution in [0.25, 0.3) is 16.8 Å². The molecular formula is C30H30Cl2FN5O2S. The molecule has 3 aliphatic rings. The molecule has 6 rings (SSSR count). The largest absolute Gasteiger partial charge is 0.301 e. The number of aryl methyl sites for hydroxylation is 1. The Hall–Kier alpha value is -3.01. The summed E-state index contributed by atoms with van der Waals surface area (Å²) in [5, 5.41) is 12.4. The Morgan fingerprint density at radius 2 is 1.83 bits per heavy atom. The zero-order valence-electron chi connectivity index (χ0n) is 23.3. The number of nitrogens with zero attached hydrogens (tertiary/aromatic N) is 5. The first-order valence-electron chi connectivity index (χ1n) is 13.3. The Balaban J connectivity index is 1.51. The Labute approximate surface area is 249 Å². The normalized spacial score (nSPS) is 25.7. The van der Waals surface area contributed by atoms with Crippen LogP contribution in [-0.2, 0) is 15.5 Å². The molecule has 3 aromatic rings. The zero-order valence-corrected chi connectivity index (χ0v) is 25.6. The van der Waals surface area contributed by atoms with Gasteiger partial charge in [0.25, 0.3) is 0 Å². The first-order chi connectivity index (χ1) is 19.2. The summed E-state index contributed by atoms with van der Waals surface area (Å²) in [5.41, 5.74) is 1.20. The van der Waals surface area contributed by atoms with Crippen LogP contribution >= 0.6 is 23.2 Å². The summed E-state index contributed by atoms with van der Waals surface area (Å²) in [4.78, 5) is 4.74. The molecule has 1 aromatic heterocycles. The molecule has 0 N–H and O–H groups in total. The number of rotatable bonds is 6. The molecule has 0 saturated heterocycles. The number of aromatic nitrogens is 2. The van der Waals surface area contributed by atoms with Gasteiger partial charge in [-0.1, -0.05) is 52.7 Å². The van der Waals surface area contributed by atoms with Gasteiger partial charge < -0.3 is 4.57 Å². The number of allylic oxidation sites excluding steroid dienone is 4. The SMILES string of the molecule is Cc1nc(C(C)(C)F)cn1-c1ccc(-c2cccc(S(C)(=O)=O)c2)cc1N1N=NCC1(C)C1C2C=C(Cl)C=C(Cl)C21. The van der Waals surface area contributed by atoms with E-state index in [-0.39, 0.29) is 22.6 Å². The highest BCUT2D eigenvalue weighted by molar-refractivity contribution is 7.90. The van der Waals surface area contributed by atoms with Gasteiger partial charge in [-0.2, -0.15) is 5.11 Å². The highest BCUT2D eigenvalue weighted by atomic mass is 35.5. The van der Waals surface area contributed by atoms with Crippen LogP contribution < -0.4 is 5.01 Å². The molecule has 214 valence electrons. The monoisotopic (exact) mass is 613 g/mol. The first kappa shape index (κ1) is 28.1. The number of hydrogen-bond acceptors (Lipinski definition) is 6. The summed E-state index contributed by atoms with van der Waals surface area (Å²) in [6.45, 7) is 7.38. The molecule has 1 fully saturated rings. The molecule has 11 heteroatoms. The molecule has 0 radical (unpaired) electrons. The second-order valence-corrected chi connectivity index (χ2v) is 14.7. The lowest BCUT2D eigenvalue weighted by Gasteiger charge is -2.35. The zero-order chi connectivity index (χ0) is 29.5. The molecule has 7 nitrogen and oxygen atoms in total. The van der Waals surface area contributed by atoms with E-state index >= 15 is 0 Å². The fourth-order valence-corrected chi connectivity index (χ4v) is 7.51. The lowest BCUT2D eigenvalue weighted by Crippen LogP contribution is -2.46. The van der Waals surface area contributed by atoms with Crippen LogP contribution in [0.4, 0.5) is 10.1 Å². The fourth-order valence-electron chi connectivity index (χ4n) is 6.12. The summed E-state index contributed by atoms with van der Waals surface area (Å²) in [6, 6.07) is 12.7. The Morgan fingerprint density at radius 1 is 1.10 bits per heavy atom. The molecule has 2 aliphatic carbocycles. The Kier molecular flexibility index (Phi) is 6.52. The highest BCUT2D eigenvalue weighted by Gasteiger charge is 2.64. The molecule has 41 heavy (non-hydrogen) atoms. The van der Waals surface area contributed by atoms with E-state index in [1.54, 1.807) is 30.5 Å². The van der Waals surface area contributed by atoms with Crippen LogP contribution in [0.2, 0.25) is 0 Å². The van der Waals surface area contributed by atoms with Crippen molar-refractivity contribution < 1.29 is 12.8 Å². The molecule has 1 aliphatic heterocycles. The van der Waals surface area contributed by atoms with Gasteiger partial charge in [0.15, 0.2) is 9.84 Å². The van der Waals surface area contributed by atoms with E-state index in [1.165, 1.54) is 20.1 Å². The second kappa shape index (κ2) is 9.51. The predicted molar refractivity (Wildman–Crippen MR) is 160 cm³/mol. The van der Waals surface area contributed by atoms with Crippen molar-refractivity contribution in [1.82, 2.24) is 9.55 Å². The molecule has 0 bridgehead atoms.